The second-order valence-electron chi connectivity index (χ2n) is 11.2. The van der Waals surface area contributed by atoms with E-state index in [1.165, 1.54) is 15.8 Å². The van der Waals surface area contributed by atoms with Crippen molar-refractivity contribution in [3.8, 4) is 0 Å². The molecule has 45 heavy (non-hydrogen) atoms. The third kappa shape index (κ3) is 13.3. The summed E-state index contributed by atoms with van der Waals surface area (Å²) in [5.41, 5.74) is 0.0198. The highest BCUT2D eigenvalue weighted by atomic mass is 35.7. The first-order valence-corrected chi connectivity index (χ1v) is 20.3. The van der Waals surface area contributed by atoms with E-state index >= 15 is 0 Å². The van der Waals surface area contributed by atoms with Gasteiger partial charge in [0.2, 0.25) is 0 Å². The molecule has 0 amide bonds. The van der Waals surface area contributed by atoms with E-state index in [0.29, 0.717) is 11.6 Å². The zero-order valence-corrected chi connectivity index (χ0v) is 29.5. The standard InChI is InChI=1S/C12H18N2OS.C10H13NOS.C5H9NO.C4H3ClO2S2/c1-2-11(16-9-1)10-14-6-3-12(4-7-14)13-5-8-15-12;12-9-3-5-11(6-4-9)8-10-2-1-7-13-10;7-5-1-3-6-4-2-5;5-9(6,7)4-2-1-3-8-4/h1-2,9,13H,3-8,10H2;1-2,7H,3-6,8H2;6H,1-4H2;1-3H. The summed E-state index contributed by atoms with van der Waals surface area (Å²) < 4.78 is 27.0. The molecule has 7 rings (SSSR count). The molecule has 4 saturated heterocycles. The van der Waals surface area contributed by atoms with Crippen LogP contribution in [-0.4, -0.2) is 87.9 Å². The number of hydrogen-bond acceptors (Lipinski definition) is 12. The van der Waals surface area contributed by atoms with E-state index in [4.69, 9.17) is 15.4 Å². The smallest absolute Gasteiger partial charge is 0.270 e. The lowest BCUT2D eigenvalue weighted by molar-refractivity contribution is -0.121. The Balaban J connectivity index is 0.000000143. The average molecular weight is 715 g/mol. The number of nitrogens with zero attached hydrogens (tertiary/aromatic N) is 2. The molecule has 4 fully saturated rings. The Kier molecular flexibility index (Phi) is 15.1. The average Bonchev–Trinajstić information content (AvgIpc) is 3.86. The summed E-state index contributed by atoms with van der Waals surface area (Å²) in [6, 6.07) is 11.7. The fraction of sp³-hybridized carbons (Fsp3) is 0.548. The van der Waals surface area contributed by atoms with Crippen LogP contribution in [0.15, 0.2) is 56.7 Å². The van der Waals surface area contributed by atoms with Crippen LogP contribution in [0.2, 0.25) is 0 Å². The minimum atomic E-state index is -3.47. The van der Waals surface area contributed by atoms with Gasteiger partial charge in [-0.2, -0.15) is 0 Å². The minimum absolute atomic E-state index is 0.0198. The lowest BCUT2D eigenvalue weighted by Gasteiger charge is -2.38. The molecule has 0 aromatic carbocycles. The summed E-state index contributed by atoms with van der Waals surface area (Å²) in [6.07, 6.45) is 5.20. The van der Waals surface area contributed by atoms with Crippen molar-refractivity contribution in [2.45, 2.75) is 61.5 Å². The van der Waals surface area contributed by atoms with Gasteiger partial charge in [-0.25, -0.2) is 8.42 Å². The molecule has 0 aliphatic carbocycles. The highest BCUT2D eigenvalue weighted by Crippen LogP contribution is 2.27. The molecule has 4 aliphatic rings. The van der Waals surface area contributed by atoms with Gasteiger partial charge in [0.15, 0.2) is 0 Å². The molecular weight excluding hydrogens is 672 g/mol. The Morgan fingerprint density at radius 3 is 1.69 bits per heavy atom. The van der Waals surface area contributed by atoms with E-state index < -0.39 is 9.05 Å². The Bertz CT molecular complexity index is 1350. The van der Waals surface area contributed by atoms with Crippen LogP contribution in [0, 0.1) is 0 Å². The van der Waals surface area contributed by atoms with Gasteiger partial charge in [-0.15, -0.1) is 34.0 Å². The molecule has 3 aromatic heterocycles. The van der Waals surface area contributed by atoms with Crippen molar-refractivity contribution in [1.82, 2.24) is 20.4 Å². The first-order chi connectivity index (χ1) is 21.7. The summed E-state index contributed by atoms with van der Waals surface area (Å²) in [4.78, 5) is 29.2. The number of rotatable bonds is 5. The zero-order chi connectivity index (χ0) is 32.0. The van der Waals surface area contributed by atoms with E-state index in [2.05, 4.69) is 55.5 Å². The number of ketones is 2. The third-order valence-electron chi connectivity index (χ3n) is 7.82. The quantitative estimate of drug-likeness (QED) is 0.346. The van der Waals surface area contributed by atoms with Crippen molar-refractivity contribution in [1.29, 1.82) is 0 Å². The predicted molar refractivity (Wildman–Crippen MR) is 184 cm³/mol. The van der Waals surface area contributed by atoms with Gasteiger partial charge in [-0.05, 0) is 34.3 Å². The fourth-order valence-electron chi connectivity index (χ4n) is 5.28. The van der Waals surface area contributed by atoms with Crippen molar-refractivity contribution in [3.63, 3.8) is 0 Å². The Morgan fingerprint density at radius 1 is 0.756 bits per heavy atom. The number of Topliss-reactive ketones (excluding diaryl/α,β-unsaturated/α-hetero) is 2. The lowest BCUT2D eigenvalue weighted by Crippen LogP contribution is -2.50. The largest absolute Gasteiger partial charge is 0.359 e. The van der Waals surface area contributed by atoms with E-state index in [9.17, 15) is 18.0 Å². The Labute approximate surface area is 283 Å². The molecule has 248 valence electrons. The van der Waals surface area contributed by atoms with Crippen LogP contribution in [0.5, 0.6) is 0 Å². The molecule has 0 atom stereocenters. The molecule has 4 aliphatic heterocycles. The van der Waals surface area contributed by atoms with Gasteiger partial charge >= 0.3 is 0 Å². The monoisotopic (exact) mass is 714 g/mol. The SMILES string of the molecule is O=C1CCN(Cc2cccs2)CC1.O=C1CCNCC1.O=S(=O)(Cl)c1cccs1.c1csc(CN2CCC3(CC2)NCCO3)c1. The molecule has 9 nitrogen and oxygen atoms in total. The second-order valence-corrected chi connectivity index (χ2v) is 17.0. The van der Waals surface area contributed by atoms with Gasteiger partial charge in [0.1, 0.15) is 21.5 Å². The maximum absolute atomic E-state index is 11.0. The fourth-order valence-corrected chi connectivity index (χ4v) is 8.57. The molecular formula is C31H43ClN4O5S4. The number of halogens is 1. The molecule has 0 bridgehead atoms. The van der Waals surface area contributed by atoms with Crippen molar-refractivity contribution in [2.75, 3.05) is 52.4 Å². The molecule has 0 saturated carbocycles. The maximum atomic E-state index is 11.0. The van der Waals surface area contributed by atoms with Crippen molar-refractivity contribution in [3.05, 3.63) is 62.3 Å². The number of likely N-dealkylation sites (tertiary alicyclic amines) is 2. The molecule has 2 N–H and O–H groups in total. The summed E-state index contributed by atoms with van der Waals surface area (Å²) in [7, 11) is 1.51. The van der Waals surface area contributed by atoms with Crippen LogP contribution >= 0.6 is 44.7 Å². The van der Waals surface area contributed by atoms with Crippen molar-refractivity contribution in [2.24, 2.45) is 0 Å². The molecule has 14 heteroatoms. The molecule has 1 spiro atoms. The van der Waals surface area contributed by atoms with Gasteiger partial charge in [-0.3, -0.25) is 24.7 Å². The Hall–Kier alpha value is -1.52. The van der Waals surface area contributed by atoms with E-state index in [1.54, 1.807) is 22.8 Å². The topological polar surface area (TPSA) is 108 Å². The van der Waals surface area contributed by atoms with Crippen LogP contribution < -0.4 is 10.6 Å². The zero-order valence-electron chi connectivity index (χ0n) is 25.5. The van der Waals surface area contributed by atoms with E-state index in [0.717, 1.165) is 115 Å². The normalized spacial score (nSPS) is 20.4. The van der Waals surface area contributed by atoms with Gasteiger partial charge in [0, 0.05) is 118 Å². The highest BCUT2D eigenvalue weighted by molar-refractivity contribution is 8.15. The van der Waals surface area contributed by atoms with Crippen molar-refractivity contribution < 1.29 is 22.7 Å². The molecule has 7 heterocycles. The number of hydrogen-bond donors (Lipinski definition) is 2. The lowest BCUT2D eigenvalue weighted by atomic mass is 10.0. The van der Waals surface area contributed by atoms with Gasteiger partial charge < -0.3 is 10.1 Å². The molecule has 0 unspecified atom stereocenters. The molecule has 3 aromatic rings. The maximum Gasteiger partial charge on any atom is 0.270 e. The number of ether oxygens (including phenoxy) is 1. The van der Waals surface area contributed by atoms with Gasteiger partial charge in [0.25, 0.3) is 9.05 Å². The third-order valence-corrected chi connectivity index (χ3v) is 12.5. The predicted octanol–water partition coefficient (Wildman–Crippen LogP) is 5.19. The van der Waals surface area contributed by atoms with E-state index in [1.807, 2.05) is 11.3 Å². The van der Waals surface area contributed by atoms with Crippen LogP contribution in [-0.2, 0) is 36.5 Å². The van der Waals surface area contributed by atoms with Gasteiger partial charge in [-0.1, -0.05) is 18.2 Å². The summed E-state index contributed by atoms with van der Waals surface area (Å²) >= 11 is 4.75. The van der Waals surface area contributed by atoms with Crippen LogP contribution in [0.25, 0.3) is 0 Å². The van der Waals surface area contributed by atoms with Gasteiger partial charge in [0.05, 0.1) is 6.61 Å². The number of piperidine rings is 3. The first kappa shape index (κ1) is 36.3. The van der Waals surface area contributed by atoms with Crippen LogP contribution in [0.4, 0.5) is 0 Å². The van der Waals surface area contributed by atoms with Crippen molar-refractivity contribution >= 4 is 65.3 Å². The Morgan fingerprint density at radius 2 is 1.29 bits per heavy atom. The highest BCUT2D eigenvalue weighted by Gasteiger charge is 2.37. The van der Waals surface area contributed by atoms with Crippen LogP contribution in [0.1, 0.15) is 48.3 Å². The minimum Gasteiger partial charge on any atom is -0.359 e. The number of carbonyl (C=O) groups is 2. The number of thiophene rings is 3. The first-order valence-electron chi connectivity index (χ1n) is 15.3. The van der Waals surface area contributed by atoms with E-state index in [-0.39, 0.29) is 9.93 Å². The summed E-state index contributed by atoms with van der Waals surface area (Å²) in [6.45, 7) is 9.97. The second kappa shape index (κ2) is 18.7. The summed E-state index contributed by atoms with van der Waals surface area (Å²) in [5, 5.41) is 12.5. The summed E-state index contributed by atoms with van der Waals surface area (Å²) in [5.74, 6) is 0.821. The molecule has 0 radical (unpaired) electrons. The van der Waals surface area contributed by atoms with Crippen LogP contribution in [0.3, 0.4) is 0 Å². The number of carbonyl (C=O) groups excluding carboxylic acids is 2. The number of nitrogens with one attached hydrogen (secondary N) is 2.